The first-order valence-corrected chi connectivity index (χ1v) is 7.19. The molecule has 0 heterocycles. The molecule has 1 rings (SSSR count). The van der Waals surface area contributed by atoms with E-state index in [2.05, 4.69) is 6.92 Å². The molecule has 0 aliphatic heterocycles. The summed E-state index contributed by atoms with van der Waals surface area (Å²) in [6.07, 6.45) is 8.74. The van der Waals surface area contributed by atoms with E-state index in [4.69, 9.17) is 5.11 Å². The van der Waals surface area contributed by atoms with Crippen LogP contribution in [0.5, 0.6) is 5.75 Å². The summed E-state index contributed by atoms with van der Waals surface area (Å²) < 4.78 is 0. The molecule has 0 unspecified atom stereocenters. The van der Waals surface area contributed by atoms with E-state index < -0.39 is 5.97 Å². The Hall–Kier alpha value is 0.126. The molecule has 106 valence electrons. The summed E-state index contributed by atoms with van der Waals surface area (Å²) in [6, 6.07) is 4.48. The summed E-state index contributed by atoms with van der Waals surface area (Å²) in [6.45, 7) is 2.19. The van der Waals surface area contributed by atoms with E-state index in [1.165, 1.54) is 50.3 Å². The summed E-state index contributed by atoms with van der Waals surface area (Å²) in [4.78, 5) is 11.0. The minimum atomic E-state index is -1.00. The Bertz CT molecular complexity index is 405. The van der Waals surface area contributed by atoms with Crippen LogP contribution in [0.25, 0.3) is 0 Å². The number of aromatic carboxylic acids is 1. The molecule has 4 heteroatoms. The predicted molar refractivity (Wildman–Crippen MR) is 74.5 cm³/mol. The maximum atomic E-state index is 11.7. The van der Waals surface area contributed by atoms with Gasteiger partial charge in [0, 0.05) is 0 Å². The quantitative estimate of drug-likeness (QED) is 0.541. The van der Waals surface area contributed by atoms with Crippen LogP contribution in [0.1, 0.15) is 67.8 Å². The van der Waals surface area contributed by atoms with Crippen LogP contribution < -0.4 is 56.5 Å². The molecular weight excluding hydrogens is 279 g/mol. The van der Waals surface area contributed by atoms with Crippen LogP contribution in [0.15, 0.2) is 18.2 Å². The Balaban J connectivity index is 0.00000361. The van der Waals surface area contributed by atoms with Crippen LogP contribution in [0.2, 0.25) is 0 Å². The molecule has 20 heavy (non-hydrogen) atoms. The van der Waals surface area contributed by atoms with Crippen LogP contribution >= 0.6 is 0 Å². The number of hydrogen-bond acceptors (Lipinski definition) is 2. The number of carboxylic acid groups (broad SMARTS) is 1. The summed E-state index contributed by atoms with van der Waals surface area (Å²) in [5, 5.41) is 20.7. The topological polar surface area (TPSA) is 60.4 Å². The molecule has 0 bridgehead atoms. The standard InChI is InChI=1S/C16H24O3.K/c1-2-3-4-5-6-7-8-10-13-14(16(18)19)11-9-12-15(13)17;/h9,11-12,17H,2-8,10H2,1H3,(H,18,19);/q;+1/p-1. The molecule has 0 aromatic heterocycles. The minimum Gasteiger partial charge on any atom is -0.872 e. The third kappa shape index (κ3) is 7.23. The second kappa shape index (κ2) is 11.8. The largest absolute Gasteiger partial charge is 1.00 e. The number of carbonyl (C=O) groups is 1. The van der Waals surface area contributed by atoms with E-state index >= 15 is 0 Å². The van der Waals surface area contributed by atoms with Gasteiger partial charge in [0.15, 0.2) is 0 Å². The third-order valence-corrected chi connectivity index (χ3v) is 3.39. The first-order valence-electron chi connectivity index (χ1n) is 7.19. The molecule has 0 aliphatic carbocycles. The van der Waals surface area contributed by atoms with Crippen molar-refractivity contribution in [2.24, 2.45) is 0 Å². The Morgan fingerprint density at radius 2 is 1.70 bits per heavy atom. The van der Waals surface area contributed by atoms with Crippen LogP contribution in [0.4, 0.5) is 0 Å². The Labute approximate surface area is 164 Å². The second-order valence-corrected chi connectivity index (χ2v) is 4.96. The van der Waals surface area contributed by atoms with Crippen molar-refractivity contribution < 1.29 is 66.4 Å². The minimum absolute atomic E-state index is 0. The van der Waals surface area contributed by atoms with Gasteiger partial charge in [0.05, 0.1) is 5.56 Å². The van der Waals surface area contributed by atoms with Gasteiger partial charge in [0.25, 0.3) is 0 Å². The second-order valence-electron chi connectivity index (χ2n) is 4.96. The molecule has 1 aromatic rings. The number of rotatable bonds is 9. The van der Waals surface area contributed by atoms with E-state index in [9.17, 15) is 9.90 Å². The molecule has 0 amide bonds. The van der Waals surface area contributed by atoms with E-state index in [-0.39, 0.29) is 62.7 Å². The Kier molecular flexibility index (Phi) is 11.8. The number of carboxylic acids is 1. The van der Waals surface area contributed by atoms with Crippen LogP contribution in [0.3, 0.4) is 0 Å². The van der Waals surface area contributed by atoms with Gasteiger partial charge in [-0.2, -0.15) is 0 Å². The van der Waals surface area contributed by atoms with Gasteiger partial charge in [0.1, 0.15) is 0 Å². The number of hydrogen-bond donors (Lipinski definition) is 1. The maximum absolute atomic E-state index is 11.7. The SMILES string of the molecule is CCCCCCCCCc1c([O-])cccc1C(=O)O.[K+]. The average Bonchev–Trinajstić information content (AvgIpc) is 2.39. The molecule has 0 fully saturated rings. The Morgan fingerprint density at radius 3 is 2.30 bits per heavy atom. The fraction of sp³-hybridized carbons (Fsp3) is 0.562. The monoisotopic (exact) mass is 302 g/mol. The van der Waals surface area contributed by atoms with Gasteiger partial charge >= 0.3 is 57.4 Å². The van der Waals surface area contributed by atoms with Crippen molar-refractivity contribution in [3.63, 3.8) is 0 Å². The average molecular weight is 302 g/mol. The smallest absolute Gasteiger partial charge is 0.872 e. The van der Waals surface area contributed by atoms with Crippen LogP contribution in [-0.4, -0.2) is 11.1 Å². The third-order valence-electron chi connectivity index (χ3n) is 3.39. The van der Waals surface area contributed by atoms with Crippen molar-refractivity contribution in [2.75, 3.05) is 0 Å². The van der Waals surface area contributed by atoms with Crippen LogP contribution in [-0.2, 0) is 6.42 Å². The molecule has 0 radical (unpaired) electrons. The Morgan fingerprint density at radius 1 is 1.10 bits per heavy atom. The van der Waals surface area contributed by atoms with Gasteiger partial charge < -0.3 is 10.2 Å². The van der Waals surface area contributed by atoms with Gasteiger partial charge in [0.2, 0.25) is 0 Å². The summed E-state index contributed by atoms with van der Waals surface area (Å²) in [5.74, 6) is -1.15. The van der Waals surface area contributed by atoms with Gasteiger partial charge in [-0.15, -0.1) is 5.75 Å². The predicted octanol–water partition coefficient (Wildman–Crippen LogP) is 0.756. The van der Waals surface area contributed by atoms with E-state index in [1.54, 1.807) is 0 Å². The number of unbranched alkanes of at least 4 members (excludes halogenated alkanes) is 6. The zero-order valence-electron chi connectivity index (χ0n) is 12.7. The molecule has 0 spiro atoms. The maximum Gasteiger partial charge on any atom is 1.00 e. The van der Waals surface area contributed by atoms with Crippen molar-refractivity contribution in [1.29, 1.82) is 0 Å². The fourth-order valence-corrected chi connectivity index (χ4v) is 2.28. The van der Waals surface area contributed by atoms with Gasteiger partial charge in [-0.25, -0.2) is 4.79 Å². The fourth-order valence-electron chi connectivity index (χ4n) is 2.28. The van der Waals surface area contributed by atoms with Crippen molar-refractivity contribution in [3.8, 4) is 5.75 Å². The molecular formula is C16H23KO3. The first kappa shape index (κ1) is 20.1. The van der Waals surface area contributed by atoms with Gasteiger partial charge in [-0.3, -0.25) is 0 Å². The molecule has 3 nitrogen and oxygen atoms in total. The van der Waals surface area contributed by atoms with Crippen molar-refractivity contribution in [3.05, 3.63) is 29.3 Å². The molecule has 0 atom stereocenters. The van der Waals surface area contributed by atoms with Crippen LogP contribution in [0, 0.1) is 0 Å². The molecule has 0 aliphatic rings. The van der Waals surface area contributed by atoms with Gasteiger partial charge in [-0.1, -0.05) is 57.6 Å². The molecule has 1 aromatic carbocycles. The van der Waals surface area contributed by atoms with Crippen molar-refractivity contribution in [1.82, 2.24) is 0 Å². The first-order chi connectivity index (χ1) is 9.16. The summed E-state index contributed by atoms with van der Waals surface area (Å²) in [5.41, 5.74) is 0.627. The van der Waals surface area contributed by atoms with E-state index in [1.807, 2.05) is 0 Å². The van der Waals surface area contributed by atoms with Crippen molar-refractivity contribution in [2.45, 2.75) is 58.3 Å². The number of benzene rings is 1. The molecule has 1 N–H and O–H groups in total. The normalized spacial score (nSPS) is 10.1. The zero-order chi connectivity index (χ0) is 14.1. The summed E-state index contributed by atoms with van der Waals surface area (Å²) in [7, 11) is 0. The molecule has 0 saturated carbocycles. The molecule has 0 saturated heterocycles. The zero-order valence-corrected chi connectivity index (χ0v) is 15.8. The van der Waals surface area contributed by atoms with Gasteiger partial charge in [-0.05, 0) is 24.5 Å². The summed E-state index contributed by atoms with van der Waals surface area (Å²) >= 11 is 0. The van der Waals surface area contributed by atoms with E-state index in [0.717, 1.165) is 12.8 Å². The van der Waals surface area contributed by atoms with Crippen molar-refractivity contribution >= 4 is 5.97 Å². The van der Waals surface area contributed by atoms with E-state index in [0.29, 0.717) is 12.0 Å².